The summed E-state index contributed by atoms with van der Waals surface area (Å²) in [5.41, 5.74) is 13.9. The summed E-state index contributed by atoms with van der Waals surface area (Å²) in [4.78, 5) is 11.3. The summed E-state index contributed by atoms with van der Waals surface area (Å²) in [5, 5.41) is 12.6. The van der Waals surface area contributed by atoms with Crippen LogP contribution in [0.3, 0.4) is 0 Å². The molecule has 2 heterocycles. The van der Waals surface area contributed by atoms with Gasteiger partial charge >= 0.3 is 0 Å². The fraction of sp³-hybridized carbons (Fsp3) is 0. The Bertz CT molecular complexity index is 4080. The summed E-state index contributed by atoms with van der Waals surface area (Å²) < 4.78 is 2.51. The molecule has 3 heteroatoms. The fourth-order valence-electron chi connectivity index (χ4n) is 10.9. The van der Waals surface area contributed by atoms with Crippen molar-refractivity contribution in [2.45, 2.75) is 0 Å². The van der Waals surface area contributed by atoms with Gasteiger partial charge in [-0.1, -0.05) is 206 Å². The standard InChI is InChI=1S/C68H42N2S/c1-5-19-43(20-6-1)47-35-48(44-21-7-2-8-22-44)38-51(37-47)62-42-63(52-39-49(45-23-9-3-10-24-45)36-50(40-52)46-25-11-4-12-26-46)70-68(69-62)61-41-64-65(57-31-17-16-30-56(57)61)60-34-33-59-55-29-14-13-27-53(55)54-28-15-18-32-58(54)66(59)67(60)71-64/h1-42H. The average molecular weight is 919 g/mol. The van der Waals surface area contributed by atoms with Gasteiger partial charge in [-0.25, -0.2) is 9.97 Å². The van der Waals surface area contributed by atoms with E-state index in [1.54, 1.807) is 0 Å². The zero-order chi connectivity index (χ0) is 46.8. The number of rotatable bonds is 7. The van der Waals surface area contributed by atoms with Crippen LogP contribution < -0.4 is 0 Å². The van der Waals surface area contributed by atoms with Crippen molar-refractivity contribution < 1.29 is 0 Å². The number of fused-ring (bicyclic) bond motifs is 12. The van der Waals surface area contributed by atoms with Crippen LogP contribution in [0.5, 0.6) is 0 Å². The zero-order valence-corrected chi connectivity index (χ0v) is 39.4. The van der Waals surface area contributed by atoms with Crippen LogP contribution in [0, 0.1) is 0 Å². The van der Waals surface area contributed by atoms with Gasteiger partial charge in [0.2, 0.25) is 0 Å². The number of aromatic nitrogens is 2. The SMILES string of the molecule is c1ccc(-c2cc(-c3ccccc3)cc(-c3cc(-c4cc(-c5ccccc5)cc(-c5ccccc5)c4)nc(-c4cc5sc6c(ccc7c8ccccc8c8ccccc8c76)c5c5ccccc45)n3)c2)cc1. The lowest BCUT2D eigenvalue weighted by Crippen LogP contribution is -1.98. The molecule has 14 aromatic rings. The smallest absolute Gasteiger partial charge is 0.161 e. The minimum atomic E-state index is 0.687. The maximum absolute atomic E-state index is 5.66. The van der Waals surface area contributed by atoms with Gasteiger partial charge < -0.3 is 0 Å². The van der Waals surface area contributed by atoms with Crippen LogP contribution in [-0.4, -0.2) is 9.97 Å². The third kappa shape index (κ3) is 7.09. The van der Waals surface area contributed by atoms with E-state index >= 15 is 0 Å². The van der Waals surface area contributed by atoms with Gasteiger partial charge in [-0.2, -0.15) is 0 Å². The third-order valence-electron chi connectivity index (χ3n) is 14.2. The third-order valence-corrected chi connectivity index (χ3v) is 15.4. The number of thiophene rings is 1. The second-order valence-electron chi connectivity index (χ2n) is 18.4. The van der Waals surface area contributed by atoms with Gasteiger partial charge in [-0.05, 0) is 131 Å². The van der Waals surface area contributed by atoms with Crippen LogP contribution in [0.1, 0.15) is 0 Å². The van der Waals surface area contributed by atoms with Gasteiger partial charge in [0.15, 0.2) is 5.82 Å². The largest absolute Gasteiger partial charge is 0.228 e. The summed E-state index contributed by atoms with van der Waals surface area (Å²) in [6.07, 6.45) is 0. The predicted molar refractivity (Wildman–Crippen MR) is 303 cm³/mol. The molecule has 0 amide bonds. The Morgan fingerprint density at radius 1 is 0.239 bits per heavy atom. The lowest BCUT2D eigenvalue weighted by atomic mass is 9.92. The molecule has 12 aromatic carbocycles. The first-order valence-electron chi connectivity index (χ1n) is 24.2. The van der Waals surface area contributed by atoms with Crippen molar-refractivity contribution >= 4 is 74.6 Å². The summed E-state index contributed by atoms with van der Waals surface area (Å²) >= 11 is 1.88. The van der Waals surface area contributed by atoms with E-state index in [9.17, 15) is 0 Å². The maximum atomic E-state index is 5.66. The Morgan fingerprint density at radius 2 is 0.577 bits per heavy atom. The quantitative estimate of drug-likeness (QED) is 0.149. The van der Waals surface area contributed by atoms with E-state index in [2.05, 4.69) is 255 Å². The molecule has 0 spiro atoms. The number of nitrogens with zero attached hydrogens (tertiary/aromatic N) is 2. The van der Waals surface area contributed by atoms with Gasteiger partial charge in [-0.15, -0.1) is 11.3 Å². The molecule has 330 valence electrons. The summed E-state index contributed by atoms with van der Waals surface area (Å²) in [5.74, 6) is 0.687. The molecule has 2 aromatic heterocycles. The normalized spacial score (nSPS) is 11.7. The Kier molecular flexibility index (Phi) is 9.75. The molecule has 0 aliphatic rings. The van der Waals surface area contributed by atoms with Crippen molar-refractivity contribution in [2.75, 3.05) is 0 Å². The highest BCUT2D eigenvalue weighted by atomic mass is 32.1. The molecule has 2 nitrogen and oxygen atoms in total. The summed E-state index contributed by atoms with van der Waals surface area (Å²) in [6.45, 7) is 0. The van der Waals surface area contributed by atoms with E-state index in [-0.39, 0.29) is 0 Å². The van der Waals surface area contributed by atoms with Crippen molar-refractivity contribution in [3.63, 3.8) is 0 Å². The molecule has 0 atom stereocenters. The van der Waals surface area contributed by atoms with Crippen LogP contribution in [0.15, 0.2) is 255 Å². The van der Waals surface area contributed by atoms with Gasteiger partial charge in [0.1, 0.15) is 0 Å². The second kappa shape index (κ2) is 16.9. The molecule has 0 aliphatic carbocycles. The molecular weight excluding hydrogens is 877 g/mol. The van der Waals surface area contributed by atoms with Crippen LogP contribution >= 0.6 is 11.3 Å². The van der Waals surface area contributed by atoms with Gasteiger partial charge in [-0.3, -0.25) is 0 Å². The molecule has 0 saturated heterocycles. The van der Waals surface area contributed by atoms with E-state index in [0.29, 0.717) is 5.82 Å². The van der Waals surface area contributed by atoms with Crippen molar-refractivity contribution in [3.05, 3.63) is 255 Å². The van der Waals surface area contributed by atoms with Crippen LogP contribution in [0.4, 0.5) is 0 Å². The van der Waals surface area contributed by atoms with Crippen LogP contribution in [0.2, 0.25) is 0 Å². The van der Waals surface area contributed by atoms with E-state index < -0.39 is 0 Å². The van der Waals surface area contributed by atoms with E-state index in [1.165, 1.54) is 57.9 Å². The zero-order valence-electron chi connectivity index (χ0n) is 38.6. The minimum Gasteiger partial charge on any atom is -0.228 e. The first-order valence-corrected chi connectivity index (χ1v) is 25.0. The molecule has 0 N–H and O–H groups in total. The summed E-state index contributed by atoms with van der Waals surface area (Å²) in [7, 11) is 0. The van der Waals surface area contributed by atoms with Crippen LogP contribution in [0.25, 0.3) is 142 Å². The molecule has 71 heavy (non-hydrogen) atoms. The Balaban J connectivity index is 1.06. The highest BCUT2D eigenvalue weighted by Crippen LogP contribution is 2.48. The number of hydrogen-bond acceptors (Lipinski definition) is 3. The highest BCUT2D eigenvalue weighted by Gasteiger charge is 2.21. The number of benzene rings is 12. The Labute approximate surface area is 415 Å². The van der Waals surface area contributed by atoms with Crippen molar-refractivity contribution in [1.82, 2.24) is 9.97 Å². The average Bonchev–Trinajstić information content (AvgIpc) is 3.85. The van der Waals surface area contributed by atoms with Crippen molar-refractivity contribution in [3.8, 4) is 78.4 Å². The van der Waals surface area contributed by atoms with Gasteiger partial charge in [0.25, 0.3) is 0 Å². The minimum absolute atomic E-state index is 0.687. The molecule has 0 aliphatic heterocycles. The lowest BCUT2D eigenvalue weighted by molar-refractivity contribution is 1.19. The highest BCUT2D eigenvalue weighted by molar-refractivity contribution is 7.27. The molecule has 14 rings (SSSR count). The topological polar surface area (TPSA) is 25.8 Å². The molecule has 0 saturated carbocycles. The predicted octanol–water partition coefficient (Wildman–Crippen LogP) is 19.1. The number of hydrogen-bond donors (Lipinski definition) is 0. The molecule has 0 bridgehead atoms. The first-order chi connectivity index (χ1) is 35.2. The van der Waals surface area contributed by atoms with Crippen molar-refractivity contribution in [1.29, 1.82) is 0 Å². The fourth-order valence-corrected chi connectivity index (χ4v) is 12.2. The maximum Gasteiger partial charge on any atom is 0.161 e. The van der Waals surface area contributed by atoms with Gasteiger partial charge in [0, 0.05) is 42.2 Å². The summed E-state index contributed by atoms with van der Waals surface area (Å²) in [6, 6.07) is 92.3. The van der Waals surface area contributed by atoms with E-state index in [0.717, 1.165) is 78.0 Å². The molecule has 0 unspecified atom stereocenters. The van der Waals surface area contributed by atoms with Gasteiger partial charge in [0.05, 0.1) is 11.4 Å². The lowest BCUT2D eigenvalue weighted by Gasteiger charge is -2.15. The molecular formula is C68H42N2S. The monoisotopic (exact) mass is 918 g/mol. The Morgan fingerprint density at radius 3 is 1.03 bits per heavy atom. The van der Waals surface area contributed by atoms with Crippen molar-refractivity contribution in [2.24, 2.45) is 0 Å². The molecule has 0 fully saturated rings. The molecule has 0 radical (unpaired) electrons. The Hall–Kier alpha value is -9.02. The first kappa shape index (κ1) is 41.0. The van der Waals surface area contributed by atoms with E-state index in [4.69, 9.17) is 9.97 Å². The van der Waals surface area contributed by atoms with E-state index in [1.807, 2.05) is 11.3 Å². The second-order valence-corrected chi connectivity index (χ2v) is 19.5. The van der Waals surface area contributed by atoms with Crippen LogP contribution in [-0.2, 0) is 0 Å².